The number of hydrogen-bond donors (Lipinski definition) is 0. The lowest BCUT2D eigenvalue weighted by Crippen LogP contribution is -1.86. The van der Waals surface area contributed by atoms with Crippen molar-refractivity contribution in [1.29, 1.82) is 0 Å². The van der Waals surface area contributed by atoms with Gasteiger partial charge in [-0.1, -0.05) is 91.0 Å². The van der Waals surface area contributed by atoms with Gasteiger partial charge in [0.2, 0.25) is 0 Å². The summed E-state index contributed by atoms with van der Waals surface area (Å²) in [6.07, 6.45) is 1.87. The van der Waals surface area contributed by atoms with Gasteiger partial charge in [-0.25, -0.2) is 0 Å². The fourth-order valence-electron chi connectivity index (χ4n) is 4.96. The molecule has 7 aromatic rings. The molecule has 0 unspecified atom stereocenters. The largest absolute Gasteiger partial charge is 0.455 e. The fourth-order valence-corrected chi connectivity index (χ4v) is 4.96. The Hall–Kier alpha value is -4.43. The summed E-state index contributed by atoms with van der Waals surface area (Å²) >= 11 is 0. The van der Waals surface area contributed by atoms with Gasteiger partial charge in [0, 0.05) is 33.3 Å². The Bertz CT molecular complexity index is 1810. The van der Waals surface area contributed by atoms with Gasteiger partial charge >= 0.3 is 0 Å². The zero-order valence-electron chi connectivity index (χ0n) is 17.8. The Morgan fingerprint density at radius 1 is 0.545 bits per heavy atom. The summed E-state index contributed by atoms with van der Waals surface area (Å²) in [7, 11) is 0. The molecule has 0 spiro atoms. The Balaban J connectivity index is 1.53. The van der Waals surface area contributed by atoms with E-state index in [1.807, 2.05) is 18.3 Å². The predicted molar refractivity (Wildman–Crippen MR) is 137 cm³/mol. The average Bonchev–Trinajstić information content (AvgIpc) is 3.27. The third kappa shape index (κ3) is 2.78. The quantitative estimate of drug-likeness (QED) is 0.261. The van der Waals surface area contributed by atoms with Gasteiger partial charge in [-0.3, -0.25) is 4.98 Å². The first kappa shape index (κ1) is 18.2. The zero-order valence-corrected chi connectivity index (χ0v) is 17.8. The summed E-state index contributed by atoms with van der Waals surface area (Å²) in [5, 5.41) is 5.75. The molecule has 0 radical (unpaired) electrons. The van der Waals surface area contributed by atoms with Gasteiger partial charge in [-0.05, 0) is 40.3 Å². The maximum atomic E-state index is 6.47. The molecular formula is C31H19NO. The Kier molecular flexibility index (Phi) is 3.88. The third-order valence-corrected chi connectivity index (χ3v) is 6.51. The van der Waals surface area contributed by atoms with E-state index in [9.17, 15) is 0 Å². The molecule has 7 rings (SSSR count). The van der Waals surface area contributed by atoms with Gasteiger partial charge in [-0.15, -0.1) is 0 Å². The van der Waals surface area contributed by atoms with Crippen LogP contribution in [0.15, 0.2) is 120 Å². The van der Waals surface area contributed by atoms with Crippen molar-refractivity contribution in [3.8, 4) is 22.3 Å². The number of pyridine rings is 1. The molecular weight excluding hydrogens is 402 g/mol. The van der Waals surface area contributed by atoms with E-state index in [-0.39, 0.29) is 0 Å². The highest BCUT2D eigenvalue weighted by Gasteiger charge is 2.16. The second-order valence-electron chi connectivity index (χ2n) is 8.41. The van der Waals surface area contributed by atoms with Crippen molar-refractivity contribution < 1.29 is 4.42 Å². The number of benzene rings is 5. The first-order chi connectivity index (χ1) is 16.4. The molecule has 0 aliphatic carbocycles. The van der Waals surface area contributed by atoms with E-state index in [0.717, 1.165) is 49.4 Å². The Labute approximate surface area is 190 Å². The summed E-state index contributed by atoms with van der Waals surface area (Å²) in [6.45, 7) is 0. The average molecular weight is 421 g/mol. The van der Waals surface area contributed by atoms with Gasteiger partial charge in [0.1, 0.15) is 11.2 Å². The number of nitrogens with zero attached hydrogens (tertiary/aromatic N) is 1. The maximum absolute atomic E-state index is 6.47. The SMILES string of the molecule is c1ccc(-c2ccc3oc4c(-c5cccc6ccc7cccnc7c56)cccc4c3c2)cc1. The van der Waals surface area contributed by atoms with E-state index in [1.54, 1.807) is 0 Å². The lowest BCUT2D eigenvalue weighted by atomic mass is 9.94. The van der Waals surface area contributed by atoms with Crippen molar-refractivity contribution in [2.45, 2.75) is 0 Å². The summed E-state index contributed by atoms with van der Waals surface area (Å²) in [4.78, 5) is 4.73. The van der Waals surface area contributed by atoms with Gasteiger partial charge in [0.15, 0.2) is 0 Å². The van der Waals surface area contributed by atoms with Crippen LogP contribution in [0.1, 0.15) is 0 Å². The predicted octanol–water partition coefficient (Wildman–Crippen LogP) is 8.62. The monoisotopic (exact) mass is 421 g/mol. The highest BCUT2D eigenvalue weighted by Crippen LogP contribution is 2.40. The minimum absolute atomic E-state index is 0.903. The highest BCUT2D eigenvalue weighted by atomic mass is 16.3. The minimum atomic E-state index is 0.903. The molecule has 33 heavy (non-hydrogen) atoms. The molecule has 2 heteroatoms. The van der Waals surface area contributed by atoms with Crippen LogP contribution in [0.2, 0.25) is 0 Å². The van der Waals surface area contributed by atoms with Gasteiger partial charge in [0.25, 0.3) is 0 Å². The van der Waals surface area contributed by atoms with E-state index in [2.05, 4.69) is 97.1 Å². The number of furan rings is 1. The normalized spacial score (nSPS) is 11.6. The van der Waals surface area contributed by atoms with E-state index in [0.29, 0.717) is 0 Å². The first-order valence-electron chi connectivity index (χ1n) is 11.1. The van der Waals surface area contributed by atoms with Crippen molar-refractivity contribution in [2.24, 2.45) is 0 Å². The van der Waals surface area contributed by atoms with Crippen molar-refractivity contribution in [2.75, 3.05) is 0 Å². The molecule has 0 bridgehead atoms. The third-order valence-electron chi connectivity index (χ3n) is 6.51. The van der Waals surface area contributed by atoms with E-state index < -0.39 is 0 Å². The van der Waals surface area contributed by atoms with E-state index >= 15 is 0 Å². The molecule has 0 saturated carbocycles. The molecule has 2 nitrogen and oxygen atoms in total. The highest BCUT2D eigenvalue weighted by molar-refractivity contribution is 6.17. The number of para-hydroxylation sites is 1. The summed E-state index contributed by atoms with van der Waals surface area (Å²) in [5.74, 6) is 0. The van der Waals surface area contributed by atoms with E-state index in [4.69, 9.17) is 9.40 Å². The lowest BCUT2D eigenvalue weighted by molar-refractivity contribution is 0.670. The van der Waals surface area contributed by atoms with Crippen molar-refractivity contribution in [3.05, 3.63) is 115 Å². The molecule has 0 aliphatic rings. The van der Waals surface area contributed by atoms with Crippen molar-refractivity contribution in [1.82, 2.24) is 4.98 Å². The number of aromatic nitrogens is 1. The standard InChI is InChI=1S/C31H19NO/c1-2-7-20(8-3-1)23-16-17-28-27(19-23)26-13-5-12-25(31(26)33-28)24-11-4-9-21-14-15-22-10-6-18-32-30(22)29(21)24/h1-19H. The second-order valence-corrected chi connectivity index (χ2v) is 8.41. The smallest absolute Gasteiger partial charge is 0.143 e. The number of fused-ring (bicyclic) bond motifs is 6. The van der Waals surface area contributed by atoms with Crippen LogP contribution in [0.4, 0.5) is 0 Å². The maximum Gasteiger partial charge on any atom is 0.143 e. The molecule has 0 atom stereocenters. The van der Waals surface area contributed by atoms with Crippen LogP contribution < -0.4 is 0 Å². The van der Waals surface area contributed by atoms with Crippen LogP contribution in [0.3, 0.4) is 0 Å². The van der Waals surface area contributed by atoms with Crippen LogP contribution in [0.25, 0.3) is 65.9 Å². The minimum Gasteiger partial charge on any atom is -0.455 e. The van der Waals surface area contributed by atoms with Crippen molar-refractivity contribution in [3.63, 3.8) is 0 Å². The summed E-state index contributed by atoms with van der Waals surface area (Å²) < 4.78 is 6.47. The van der Waals surface area contributed by atoms with Gasteiger partial charge in [0.05, 0.1) is 5.52 Å². The van der Waals surface area contributed by atoms with Crippen LogP contribution in [0.5, 0.6) is 0 Å². The van der Waals surface area contributed by atoms with Crippen LogP contribution >= 0.6 is 0 Å². The zero-order chi connectivity index (χ0) is 21.8. The summed E-state index contributed by atoms with van der Waals surface area (Å²) in [6, 6.07) is 38.2. The molecule has 154 valence electrons. The van der Waals surface area contributed by atoms with E-state index in [1.165, 1.54) is 16.5 Å². The van der Waals surface area contributed by atoms with Crippen molar-refractivity contribution >= 4 is 43.6 Å². The molecule has 0 aliphatic heterocycles. The van der Waals surface area contributed by atoms with Gasteiger partial charge < -0.3 is 4.42 Å². The van der Waals surface area contributed by atoms with Crippen LogP contribution in [-0.2, 0) is 0 Å². The van der Waals surface area contributed by atoms with Gasteiger partial charge in [-0.2, -0.15) is 0 Å². The first-order valence-corrected chi connectivity index (χ1v) is 11.1. The molecule has 2 heterocycles. The number of hydrogen-bond acceptors (Lipinski definition) is 2. The molecule has 2 aromatic heterocycles. The summed E-state index contributed by atoms with van der Waals surface area (Å²) in [5.41, 5.74) is 7.47. The molecule has 0 amide bonds. The fraction of sp³-hybridized carbons (Fsp3) is 0. The Morgan fingerprint density at radius 3 is 2.30 bits per heavy atom. The number of rotatable bonds is 2. The molecule has 0 saturated heterocycles. The lowest BCUT2D eigenvalue weighted by Gasteiger charge is -2.10. The van der Waals surface area contributed by atoms with Crippen LogP contribution in [-0.4, -0.2) is 4.98 Å². The Morgan fingerprint density at radius 2 is 1.36 bits per heavy atom. The molecule has 0 fully saturated rings. The molecule has 5 aromatic carbocycles. The van der Waals surface area contributed by atoms with Crippen LogP contribution in [0, 0.1) is 0 Å². The topological polar surface area (TPSA) is 26.0 Å². The second kappa shape index (κ2) is 7.04. The molecule has 0 N–H and O–H groups in total.